The van der Waals surface area contributed by atoms with E-state index in [4.69, 9.17) is 0 Å². The number of aromatic nitrogens is 4. The van der Waals surface area contributed by atoms with E-state index in [-0.39, 0.29) is 12.5 Å². The van der Waals surface area contributed by atoms with Gasteiger partial charge in [-0.3, -0.25) is 4.79 Å². The lowest BCUT2D eigenvalue weighted by molar-refractivity contribution is -0.117. The molecule has 0 aliphatic carbocycles. The van der Waals surface area contributed by atoms with E-state index in [2.05, 4.69) is 20.7 Å². The molecule has 1 aromatic heterocycles. The highest BCUT2D eigenvalue weighted by molar-refractivity contribution is 5.94. The maximum Gasteiger partial charge on any atom is 0.248 e. The third-order valence-corrected chi connectivity index (χ3v) is 4.08. The second kappa shape index (κ2) is 6.76. The number of tetrazole rings is 1. The molecule has 26 heavy (non-hydrogen) atoms. The molecule has 4 aromatic rings. The molecule has 0 aliphatic rings. The number of hydrogen-bond donors (Lipinski definition) is 1. The average Bonchev–Trinajstić information content (AvgIpc) is 3.10. The molecule has 6 nitrogen and oxygen atoms in total. The van der Waals surface area contributed by atoms with Gasteiger partial charge in [-0.15, -0.1) is 10.2 Å². The predicted molar refractivity (Wildman–Crippen MR) is 101 cm³/mol. The van der Waals surface area contributed by atoms with Gasteiger partial charge >= 0.3 is 0 Å². The second-order valence-corrected chi connectivity index (χ2v) is 6.12. The summed E-state index contributed by atoms with van der Waals surface area (Å²) < 4.78 is 0. The van der Waals surface area contributed by atoms with Gasteiger partial charge in [-0.1, -0.05) is 60.2 Å². The number of benzene rings is 3. The zero-order valence-corrected chi connectivity index (χ0v) is 14.3. The summed E-state index contributed by atoms with van der Waals surface area (Å²) in [6, 6.07) is 21.7. The predicted octanol–water partition coefficient (Wildman–Crippen LogP) is 3.44. The molecule has 0 bridgehead atoms. The number of hydrogen-bond acceptors (Lipinski definition) is 4. The second-order valence-electron chi connectivity index (χ2n) is 6.12. The highest BCUT2D eigenvalue weighted by Gasteiger charge is 2.10. The van der Waals surface area contributed by atoms with Gasteiger partial charge in [-0.2, -0.15) is 4.80 Å². The first-order valence-corrected chi connectivity index (χ1v) is 8.31. The summed E-state index contributed by atoms with van der Waals surface area (Å²) in [5.74, 6) is 0.302. The highest BCUT2D eigenvalue weighted by atomic mass is 16.2. The molecule has 1 amide bonds. The first-order valence-electron chi connectivity index (χ1n) is 8.31. The van der Waals surface area contributed by atoms with E-state index in [0.717, 1.165) is 27.6 Å². The molecular formula is C20H17N5O. The fraction of sp³-hybridized carbons (Fsp3) is 0.100. The first-order chi connectivity index (χ1) is 12.7. The van der Waals surface area contributed by atoms with Crippen molar-refractivity contribution in [3.63, 3.8) is 0 Å². The minimum atomic E-state index is -0.201. The SMILES string of the molecule is Cc1ccc(-c2nnn(CC(=O)Nc3ccc4ccccc4c3)n2)cc1. The van der Waals surface area contributed by atoms with E-state index >= 15 is 0 Å². The Kier molecular flexibility index (Phi) is 4.15. The van der Waals surface area contributed by atoms with Crippen LogP contribution in [0.5, 0.6) is 0 Å². The van der Waals surface area contributed by atoms with Crippen LogP contribution in [-0.2, 0) is 11.3 Å². The van der Waals surface area contributed by atoms with Crippen LogP contribution in [0.3, 0.4) is 0 Å². The highest BCUT2D eigenvalue weighted by Crippen LogP contribution is 2.19. The Morgan fingerprint density at radius 1 is 1.00 bits per heavy atom. The Morgan fingerprint density at radius 2 is 1.77 bits per heavy atom. The maximum absolute atomic E-state index is 12.3. The van der Waals surface area contributed by atoms with Crippen LogP contribution in [0.1, 0.15) is 5.56 Å². The summed E-state index contributed by atoms with van der Waals surface area (Å²) in [6.45, 7) is 2.02. The van der Waals surface area contributed by atoms with Crippen LogP contribution in [0.4, 0.5) is 5.69 Å². The van der Waals surface area contributed by atoms with Crippen LogP contribution in [-0.4, -0.2) is 26.1 Å². The monoisotopic (exact) mass is 343 g/mol. The van der Waals surface area contributed by atoms with Crippen molar-refractivity contribution in [2.75, 3.05) is 5.32 Å². The molecule has 4 rings (SSSR count). The number of fused-ring (bicyclic) bond motifs is 1. The molecule has 0 atom stereocenters. The molecule has 0 unspecified atom stereocenters. The molecular weight excluding hydrogens is 326 g/mol. The average molecular weight is 343 g/mol. The van der Waals surface area contributed by atoms with Gasteiger partial charge in [0.15, 0.2) is 0 Å². The molecule has 6 heteroatoms. The van der Waals surface area contributed by atoms with Crippen LogP contribution in [0.25, 0.3) is 22.2 Å². The summed E-state index contributed by atoms with van der Waals surface area (Å²) in [4.78, 5) is 13.6. The van der Waals surface area contributed by atoms with Gasteiger partial charge in [0.2, 0.25) is 11.7 Å². The number of carbonyl (C=O) groups is 1. The van der Waals surface area contributed by atoms with Crippen molar-refractivity contribution in [2.45, 2.75) is 13.5 Å². The van der Waals surface area contributed by atoms with Crippen molar-refractivity contribution in [3.8, 4) is 11.4 Å². The third-order valence-electron chi connectivity index (χ3n) is 4.08. The van der Waals surface area contributed by atoms with Gasteiger partial charge in [0.25, 0.3) is 0 Å². The maximum atomic E-state index is 12.3. The molecule has 0 saturated carbocycles. The molecule has 3 aromatic carbocycles. The lowest BCUT2D eigenvalue weighted by atomic mass is 10.1. The van der Waals surface area contributed by atoms with E-state index in [0.29, 0.717) is 5.82 Å². The van der Waals surface area contributed by atoms with Crippen LogP contribution >= 0.6 is 0 Å². The molecule has 0 saturated heterocycles. The number of nitrogens with one attached hydrogen (secondary N) is 1. The Bertz CT molecular complexity index is 1070. The summed E-state index contributed by atoms with van der Waals surface area (Å²) in [6.07, 6.45) is 0. The van der Waals surface area contributed by atoms with Gasteiger partial charge in [-0.25, -0.2) is 0 Å². The number of amides is 1. The van der Waals surface area contributed by atoms with Gasteiger partial charge in [0, 0.05) is 11.3 Å². The summed E-state index contributed by atoms with van der Waals surface area (Å²) in [7, 11) is 0. The van der Waals surface area contributed by atoms with E-state index in [1.807, 2.05) is 73.7 Å². The van der Waals surface area contributed by atoms with Crippen molar-refractivity contribution in [1.29, 1.82) is 0 Å². The third kappa shape index (κ3) is 3.44. The molecule has 0 spiro atoms. The van der Waals surface area contributed by atoms with Gasteiger partial charge in [0.1, 0.15) is 6.54 Å². The standard InChI is InChI=1S/C20H17N5O/c1-14-6-8-16(9-7-14)20-22-24-25(23-20)13-19(26)21-18-11-10-15-4-2-3-5-17(15)12-18/h2-12H,13H2,1H3,(H,21,26). The lowest BCUT2D eigenvalue weighted by Crippen LogP contribution is -2.20. The molecule has 0 aliphatic heterocycles. The quantitative estimate of drug-likeness (QED) is 0.616. The van der Waals surface area contributed by atoms with Crippen molar-refractivity contribution < 1.29 is 4.79 Å². The molecule has 1 heterocycles. The van der Waals surface area contributed by atoms with E-state index in [9.17, 15) is 4.79 Å². The Morgan fingerprint density at radius 3 is 2.58 bits per heavy atom. The van der Waals surface area contributed by atoms with Crippen LogP contribution in [0.15, 0.2) is 66.7 Å². The molecule has 0 radical (unpaired) electrons. The van der Waals surface area contributed by atoms with E-state index in [1.54, 1.807) is 0 Å². The smallest absolute Gasteiger partial charge is 0.248 e. The largest absolute Gasteiger partial charge is 0.324 e. The minimum absolute atomic E-state index is 0.00564. The number of anilines is 1. The fourth-order valence-electron chi connectivity index (χ4n) is 2.72. The minimum Gasteiger partial charge on any atom is -0.324 e. The van der Waals surface area contributed by atoms with Gasteiger partial charge < -0.3 is 5.32 Å². The van der Waals surface area contributed by atoms with Crippen LogP contribution < -0.4 is 5.32 Å². The number of nitrogens with zero attached hydrogens (tertiary/aromatic N) is 4. The summed E-state index contributed by atoms with van der Waals surface area (Å²) in [5.41, 5.74) is 2.78. The van der Waals surface area contributed by atoms with Gasteiger partial charge in [0.05, 0.1) is 0 Å². The topological polar surface area (TPSA) is 72.7 Å². The summed E-state index contributed by atoms with van der Waals surface area (Å²) in [5, 5.41) is 17.3. The Labute approximate surface area is 150 Å². The number of carbonyl (C=O) groups excluding carboxylic acids is 1. The van der Waals surface area contributed by atoms with Crippen molar-refractivity contribution >= 4 is 22.4 Å². The van der Waals surface area contributed by atoms with E-state index in [1.165, 1.54) is 4.80 Å². The van der Waals surface area contributed by atoms with Crippen LogP contribution in [0.2, 0.25) is 0 Å². The zero-order chi connectivity index (χ0) is 17.9. The zero-order valence-electron chi connectivity index (χ0n) is 14.3. The Hall–Kier alpha value is -3.54. The van der Waals surface area contributed by atoms with Crippen molar-refractivity contribution in [1.82, 2.24) is 20.2 Å². The molecule has 128 valence electrons. The Balaban J connectivity index is 1.45. The van der Waals surface area contributed by atoms with Crippen molar-refractivity contribution in [3.05, 3.63) is 72.3 Å². The first kappa shape index (κ1) is 16.0. The van der Waals surface area contributed by atoms with Crippen molar-refractivity contribution in [2.24, 2.45) is 0 Å². The lowest BCUT2D eigenvalue weighted by Gasteiger charge is -2.06. The molecule has 1 N–H and O–H groups in total. The summed E-state index contributed by atoms with van der Waals surface area (Å²) >= 11 is 0. The molecule has 0 fully saturated rings. The number of aryl methyl sites for hydroxylation is 1. The van der Waals surface area contributed by atoms with Crippen LogP contribution in [0, 0.1) is 6.92 Å². The van der Waals surface area contributed by atoms with Gasteiger partial charge in [-0.05, 0) is 35.0 Å². The fourth-order valence-corrected chi connectivity index (χ4v) is 2.72. The van der Waals surface area contributed by atoms with E-state index < -0.39 is 0 Å². The number of rotatable bonds is 4. The normalized spacial score (nSPS) is 10.8.